The van der Waals surface area contributed by atoms with Crippen molar-refractivity contribution in [1.29, 1.82) is 0 Å². The molecule has 2 aliphatic rings. The van der Waals surface area contributed by atoms with E-state index in [1.165, 1.54) is 12.8 Å². The number of nitrogens with one attached hydrogen (secondary N) is 1. The Morgan fingerprint density at radius 2 is 2.18 bits per heavy atom. The number of rotatable bonds is 2. The van der Waals surface area contributed by atoms with Gasteiger partial charge in [-0.15, -0.1) is 11.8 Å². The molecule has 1 spiro atoms. The second-order valence-corrected chi connectivity index (χ2v) is 7.32. The summed E-state index contributed by atoms with van der Waals surface area (Å²) in [5.74, 6) is 1.95. The molecule has 0 aromatic rings. The molecule has 2 N–H and O–H groups in total. The van der Waals surface area contributed by atoms with Gasteiger partial charge >= 0.3 is 5.97 Å². The molecule has 1 aliphatic heterocycles. The molecule has 1 heterocycles. The van der Waals surface area contributed by atoms with E-state index in [0.29, 0.717) is 23.5 Å². The first kappa shape index (κ1) is 13.2. The Morgan fingerprint density at radius 1 is 1.47 bits per heavy atom. The summed E-state index contributed by atoms with van der Waals surface area (Å²) in [6.07, 6.45) is 3.63. The summed E-state index contributed by atoms with van der Waals surface area (Å²) in [5.41, 5.74) is 0. The van der Waals surface area contributed by atoms with Gasteiger partial charge in [-0.3, -0.25) is 10.1 Å². The molecule has 4 atom stereocenters. The molecule has 3 unspecified atom stereocenters. The number of hydrogen-bond donors (Lipinski definition) is 2. The third kappa shape index (κ3) is 2.48. The number of carboxylic acids is 1. The van der Waals surface area contributed by atoms with Gasteiger partial charge in [0.15, 0.2) is 0 Å². The Hall–Kier alpha value is -0.220. The van der Waals surface area contributed by atoms with E-state index in [1.807, 2.05) is 11.8 Å². The molecule has 2 rings (SSSR count). The molecule has 0 amide bonds. The van der Waals surface area contributed by atoms with Crippen LogP contribution in [-0.2, 0) is 4.79 Å². The molecular weight excluding hydrogens is 234 g/mol. The van der Waals surface area contributed by atoms with Crippen molar-refractivity contribution in [3.05, 3.63) is 0 Å². The van der Waals surface area contributed by atoms with Gasteiger partial charge in [0.1, 0.15) is 6.04 Å². The van der Waals surface area contributed by atoms with E-state index < -0.39 is 5.97 Å². The van der Waals surface area contributed by atoms with Crippen LogP contribution >= 0.6 is 11.8 Å². The Bertz CT molecular complexity index is 308. The van der Waals surface area contributed by atoms with Crippen molar-refractivity contribution < 1.29 is 9.90 Å². The van der Waals surface area contributed by atoms with E-state index in [-0.39, 0.29) is 10.9 Å². The number of hydrogen-bond acceptors (Lipinski definition) is 3. The topological polar surface area (TPSA) is 49.3 Å². The molecule has 98 valence electrons. The minimum atomic E-state index is -0.699. The van der Waals surface area contributed by atoms with Crippen LogP contribution in [0.25, 0.3) is 0 Å². The van der Waals surface area contributed by atoms with Gasteiger partial charge in [-0.1, -0.05) is 27.2 Å². The highest BCUT2D eigenvalue weighted by Crippen LogP contribution is 2.50. The predicted octanol–water partition coefficient (Wildman–Crippen LogP) is 2.56. The normalized spacial score (nSPS) is 42.2. The van der Waals surface area contributed by atoms with Gasteiger partial charge in [0.05, 0.1) is 4.87 Å². The highest BCUT2D eigenvalue weighted by atomic mass is 32.2. The van der Waals surface area contributed by atoms with Gasteiger partial charge in [0, 0.05) is 5.75 Å². The Labute approximate surface area is 108 Å². The third-order valence-electron chi connectivity index (χ3n) is 4.25. The standard InChI is InChI=1S/C13H23NO2S/c1-8(2)10-5-4-9(3)6-13(10)14-11(7-17-13)12(15)16/h8-11,14H,4-7H2,1-3H3,(H,15,16)/t9?,10?,11-,13?/m1/s1. The zero-order valence-corrected chi connectivity index (χ0v) is 11.7. The van der Waals surface area contributed by atoms with Gasteiger partial charge in [0.25, 0.3) is 0 Å². The molecule has 0 bridgehead atoms. The van der Waals surface area contributed by atoms with Crippen LogP contribution in [0.1, 0.15) is 40.0 Å². The lowest BCUT2D eigenvalue weighted by molar-refractivity contribution is -0.139. The molecule has 2 fully saturated rings. The van der Waals surface area contributed by atoms with Gasteiger partial charge in [-0.05, 0) is 30.6 Å². The first-order valence-corrected chi connectivity index (χ1v) is 7.57. The highest BCUT2D eigenvalue weighted by molar-refractivity contribution is 8.01. The monoisotopic (exact) mass is 257 g/mol. The van der Waals surface area contributed by atoms with Crippen LogP contribution in [0, 0.1) is 17.8 Å². The van der Waals surface area contributed by atoms with E-state index in [2.05, 4.69) is 26.1 Å². The SMILES string of the molecule is CC1CCC(C(C)C)C2(C1)N[C@@H](C(=O)O)CS2. The lowest BCUT2D eigenvalue weighted by atomic mass is 9.73. The highest BCUT2D eigenvalue weighted by Gasteiger charge is 2.50. The fourth-order valence-corrected chi connectivity index (χ4v) is 5.34. The van der Waals surface area contributed by atoms with Gasteiger partial charge in [-0.2, -0.15) is 0 Å². The van der Waals surface area contributed by atoms with Crippen molar-refractivity contribution in [2.24, 2.45) is 17.8 Å². The van der Waals surface area contributed by atoms with Gasteiger partial charge in [-0.25, -0.2) is 0 Å². The first-order valence-electron chi connectivity index (χ1n) is 6.59. The van der Waals surface area contributed by atoms with Gasteiger partial charge in [0.2, 0.25) is 0 Å². The van der Waals surface area contributed by atoms with Crippen LogP contribution in [0.2, 0.25) is 0 Å². The maximum atomic E-state index is 11.1. The summed E-state index contributed by atoms with van der Waals surface area (Å²) in [4.78, 5) is 11.1. The number of thioether (sulfide) groups is 1. The largest absolute Gasteiger partial charge is 0.480 e. The summed E-state index contributed by atoms with van der Waals surface area (Å²) in [6, 6.07) is -0.355. The molecule has 0 aromatic heterocycles. The average Bonchev–Trinajstić information content (AvgIpc) is 2.62. The Kier molecular flexibility index (Phi) is 3.74. The van der Waals surface area contributed by atoms with E-state index in [1.54, 1.807) is 0 Å². The Balaban J connectivity index is 2.17. The lowest BCUT2D eigenvalue weighted by Crippen LogP contribution is -2.54. The lowest BCUT2D eigenvalue weighted by Gasteiger charge is -2.45. The average molecular weight is 257 g/mol. The van der Waals surface area contributed by atoms with Crippen LogP contribution in [0.5, 0.6) is 0 Å². The van der Waals surface area contributed by atoms with E-state index >= 15 is 0 Å². The molecule has 0 aromatic carbocycles. The molecular formula is C13H23NO2S. The smallest absolute Gasteiger partial charge is 0.321 e. The summed E-state index contributed by atoms with van der Waals surface area (Å²) >= 11 is 1.85. The van der Waals surface area contributed by atoms with Crippen molar-refractivity contribution in [3.8, 4) is 0 Å². The van der Waals surface area contributed by atoms with Crippen LogP contribution in [0.3, 0.4) is 0 Å². The minimum Gasteiger partial charge on any atom is -0.480 e. The van der Waals surface area contributed by atoms with Crippen molar-refractivity contribution >= 4 is 17.7 Å². The molecule has 0 radical (unpaired) electrons. The summed E-state index contributed by atoms with van der Waals surface area (Å²) < 4.78 is 0. The maximum Gasteiger partial charge on any atom is 0.321 e. The molecule has 1 saturated carbocycles. The zero-order chi connectivity index (χ0) is 12.6. The fourth-order valence-electron chi connectivity index (χ4n) is 3.42. The van der Waals surface area contributed by atoms with Crippen LogP contribution in [0.4, 0.5) is 0 Å². The summed E-state index contributed by atoms with van der Waals surface area (Å²) in [6.45, 7) is 6.81. The molecule has 4 heteroatoms. The molecule has 1 aliphatic carbocycles. The van der Waals surface area contributed by atoms with E-state index in [0.717, 1.165) is 6.42 Å². The molecule has 3 nitrogen and oxygen atoms in total. The molecule has 1 saturated heterocycles. The van der Waals surface area contributed by atoms with Crippen LogP contribution < -0.4 is 5.32 Å². The summed E-state index contributed by atoms with van der Waals surface area (Å²) in [7, 11) is 0. The summed E-state index contributed by atoms with van der Waals surface area (Å²) in [5, 5.41) is 12.6. The van der Waals surface area contributed by atoms with Crippen molar-refractivity contribution in [2.45, 2.75) is 50.9 Å². The predicted molar refractivity (Wildman–Crippen MR) is 71.1 cm³/mol. The van der Waals surface area contributed by atoms with Crippen LogP contribution in [0.15, 0.2) is 0 Å². The van der Waals surface area contributed by atoms with E-state index in [9.17, 15) is 4.79 Å². The zero-order valence-electron chi connectivity index (χ0n) is 10.9. The minimum absolute atomic E-state index is 0.0227. The Morgan fingerprint density at radius 3 is 2.71 bits per heavy atom. The second kappa shape index (κ2) is 4.81. The number of aliphatic carboxylic acids is 1. The second-order valence-electron chi connectivity index (χ2n) is 5.97. The van der Waals surface area contributed by atoms with Crippen molar-refractivity contribution in [2.75, 3.05) is 5.75 Å². The van der Waals surface area contributed by atoms with Gasteiger partial charge < -0.3 is 5.11 Å². The molecule has 17 heavy (non-hydrogen) atoms. The number of carbonyl (C=O) groups is 1. The van der Waals surface area contributed by atoms with Crippen molar-refractivity contribution in [3.63, 3.8) is 0 Å². The van der Waals surface area contributed by atoms with E-state index in [4.69, 9.17) is 5.11 Å². The van der Waals surface area contributed by atoms with Crippen molar-refractivity contribution in [1.82, 2.24) is 5.32 Å². The third-order valence-corrected chi connectivity index (χ3v) is 5.85. The number of carboxylic acid groups (broad SMARTS) is 1. The fraction of sp³-hybridized carbons (Fsp3) is 0.923. The first-order chi connectivity index (χ1) is 7.94. The maximum absolute atomic E-state index is 11.1. The quantitative estimate of drug-likeness (QED) is 0.798. The van der Waals surface area contributed by atoms with Crippen LogP contribution in [-0.4, -0.2) is 27.7 Å².